The summed E-state index contributed by atoms with van der Waals surface area (Å²) in [6.45, 7) is 0. The number of hydrogen-bond donors (Lipinski definition) is 0. The number of fused-ring (bicyclic) bond motifs is 2. The third-order valence-corrected chi connectivity index (χ3v) is 11.3. The Morgan fingerprint density at radius 3 is 0.649 bits per heavy atom. The summed E-state index contributed by atoms with van der Waals surface area (Å²) in [6.07, 6.45) is -4.20. The van der Waals surface area contributed by atoms with Gasteiger partial charge in [-0.15, -0.1) is 0 Å². The molecule has 0 radical (unpaired) electrons. The van der Waals surface area contributed by atoms with Gasteiger partial charge in [0.05, 0.1) is 71.6 Å². The molecule has 0 bridgehead atoms. The van der Waals surface area contributed by atoms with Crippen molar-refractivity contribution in [2.24, 2.45) is 0 Å². The monoisotopic (exact) mass is 1100 g/mol. The molecule has 1 aliphatic carbocycles. The van der Waals surface area contributed by atoms with Crippen molar-refractivity contribution >= 4 is 22.4 Å². The number of benzene rings is 7. The van der Waals surface area contributed by atoms with Crippen LogP contribution in [0.5, 0.6) is 0 Å². The molecular weight excluding hydrogens is 1100 g/mol. The van der Waals surface area contributed by atoms with Gasteiger partial charge in [-0.05, 0) is 0 Å². The Kier molecular flexibility index (Phi) is 12.5. The third-order valence-electron chi connectivity index (χ3n) is 11.3. The van der Waals surface area contributed by atoms with Crippen LogP contribution in [0, 0.1) is 157 Å². The molecule has 74 heavy (non-hydrogen) atoms. The van der Waals surface area contributed by atoms with Gasteiger partial charge < -0.3 is 0 Å². The zero-order valence-electron chi connectivity index (χ0n) is 33.5. The largest absolute Gasteiger partial charge is 0.239 e. The highest BCUT2D eigenvalue weighted by atomic mass is 19.2. The minimum atomic E-state index is -4.20. The van der Waals surface area contributed by atoms with E-state index < -0.39 is 252 Å². The third kappa shape index (κ3) is 6.72. The van der Waals surface area contributed by atoms with Crippen LogP contribution in [0.4, 0.5) is 132 Å². The molecule has 2 atom stereocenters. The van der Waals surface area contributed by atoms with Gasteiger partial charge in [-0.3, -0.25) is 0 Å². The van der Waals surface area contributed by atoms with Gasteiger partial charge in [-0.1, -0.05) is 0 Å². The maximum atomic E-state index is 15.6. The van der Waals surface area contributed by atoms with Gasteiger partial charge in [-0.25, -0.2) is 132 Å². The first kappa shape index (κ1) is 52.8. The van der Waals surface area contributed by atoms with Crippen LogP contribution in [0.2, 0.25) is 0 Å². The van der Waals surface area contributed by atoms with Gasteiger partial charge in [-0.2, -0.15) is 0 Å². The molecule has 0 spiro atoms. The van der Waals surface area contributed by atoms with Crippen LogP contribution in [0.1, 0.15) is 11.5 Å². The fourth-order valence-corrected chi connectivity index (χ4v) is 7.98. The van der Waals surface area contributed by atoms with E-state index in [2.05, 4.69) is 0 Å². The van der Waals surface area contributed by atoms with Crippen molar-refractivity contribution in [2.75, 3.05) is 0 Å². The molecule has 0 aromatic heterocycles. The minimum absolute atomic E-state index is 2.41. The van der Waals surface area contributed by atoms with Crippen LogP contribution in [0.15, 0.2) is 0 Å². The lowest BCUT2D eigenvalue weighted by Gasteiger charge is -2.25. The van der Waals surface area contributed by atoms with E-state index in [4.69, 9.17) is 0 Å². The number of halogens is 30. The molecule has 7 aromatic carbocycles. The van der Waals surface area contributed by atoms with Gasteiger partial charge in [0, 0.05) is 5.56 Å². The lowest BCUT2D eigenvalue weighted by molar-refractivity contribution is 0.313. The molecule has 0 N–H and O–H groups in total. The first-order valence-electron chi connectivity index (χ1n) is 18.6. The van der Waals surface area contributed by atoms with Crippen molar-refractivity contribution < 1.29 is 132 Å². The highest BCUT2D eigenvalue weighted by Crippen LogP contribution is 2.49. The molecule has 30 heteroatoms. The maximum Gasteiger partial charge on any atom is 0.198 e. The van der Waals surface area contributed by atoms with Crippen LogP contribution in [0.25, 0.3) is 66.9 Å². The highest BCUT2D eigenvalue weighted by Gasteiger charge is 2.46. The lowest BCUT2D eigenvalue weighted by atomic mass is 9.84. The van der Waals surface area contributed by atoms with E-state index in [0.29, 0.717) is 0 Å². The molecule has 0 saturated carbocycles. The summed E-state index contributed by atoms with van der Waals surface area (Å²) < 4.78 is 453. The van der Waals surface area contributed by atoms with E-state index in [9.17, 15) is 43.9 Å². The van der Waals surface area contributed by atoms with Gasteiger partial charge in [0.1, 0.15) is 17.5 Å². The van der Waals surface area contributed by atoms with Crippen LogP contribution < -0.4 is 10.4 Å². The second kappa shape index (κ2) is 17.5. The molecule has 0 saturated heterocycles. The topological polar surface area (TPSA) is 0 Å². The molecular formula is C44H2F30. The molecule has 0 fully saturated rings. The first-order chi connectivity index (χ1) is 34.3. The van der Waals surface area contributed by atoms with Crippen LogP contribution >= 0.6 is 0 Å². The zero-order chi connectivity index (χ0) is 55.4. The zero-order valence-corrected chi connectivity index (χ0v) is 33.5. The molecule has 0 amide bonds. The van der Waals surface area contributed by atoms with Crippen molar-refractivity contribution in [1.82, 2.24) is 0 Å². The molecule has 1 aliphatic rings. The average molecular weight is 1100 g/mol. The highest BCUT2D eigenvalue weighted by molar-refractivity contribution is 5.91. The summed E-state index contributed by atoms with van der Waals surface area (Å²) in [5.41, 5.74) is -27.4. The van der Waals surface area contributed by atoms with E-state index in [-0.39, 0.29) is 0 Å². The Hall–Kier alpha value is -7.56. The lowest BCUT2D eigenvalue weighted by Crippen LogP contribution is -2.44. The molecule has 2 unspecified atom stereocenters. The Bertz CT molecular complexity index is 3800. The van der Waals surface area contributed by atoms with Crippen molar-refractivity contribution in [3.63, 3.8) is 0 Å². The Morgan fingerprint density at radius 2 is 0.365 bits per heavy atom. The molecule has 7 aromatic rings. The van der Waals surface area contributed by atoms with Crippen molar-refractivity contribution in [2.45, 2.75) is 12.1 Å². The second-order valence-corrected chi connectivity index (χ2v) is 15.0. The van der Waals surface area contributed by atoms with Gasteiger partial charge >= 0.3 is 0 Å². The van der Waals surface area contributed by atoms with E-state index in [0.717, 1.165) is 0 Å². The molecule has 388 valence electrons. The summed E-state index contributed by atoms with van der Waals surface area (Å²) >= 11 is 0. The van der Waals surface area contributed by atoms with Crippen molar-refractivity contribution in [3.05, 3.63) is 173 Å². The van der Waals surface area contributed by atoms with Crippen LogP contribution in [-0.2, 0) is 0 Å². The van der Waals surface area contributed by atoms with E-state index in [1.54, 1.807) is 0 Å². The Labute approximate surface area is 383 Å². The summed E-state index contributed by atoms with van der Waals surface area (Å²) in [6, 6.07) is 0. The molecule has 0 aliphatic heterocycles. The molecule has 0 heterocycles. The first-order valence-corrected chi connectivity index (χ1v) is 18.6. The van der Waals surface area contributed by atoms with Gasteiger partial charge in [0.2, 0.25) is 0 Å². The van der Waals surface area contributed by atoms with Crippen LogP contribution in [-0.4, -0.2) is 6.17 Å². The summed E-state index contributed by atoms with van der Waals surface area (Å²) in [7, 11) is 0. The SMILES string of the molecule is FC1=c2c(F)c(F)c(F)c(F)c2=C(F)C(c2c(F)c(F)c(-c3c(F)c(F)c(-c4c(F)c(F)c(-c5c(F)c(F)c(-c6c(F)c(F)c7c(F)c(F)c(F)c(F)c7c6F)c(F)c5F)c(F)c4F)c(F)c3F)c(F)c2F)C1F. The normalized spacial score (nSPS) is 14.8. The van der Waals surface area contributed by atoms with Gasteiger partial charge in [0.15, 0.2) is 157 Å². The van der Waals surface area contributed by atoms with Crippen molar-refractivity contribution in [3.8, 4) is 44.5 Å². The second-order valence-electron chi connectivity index (χ2n) is 15.0. The predicted octanol–water partition coefficient (Wildman–Crippen LogP) is 14.6. The van der Waals surface area contributed by atoms with E-state index in [1.807, 2.05) is 0 Å². The summed E-state index contributed by atoms with van der Waals surface area (Å²) in [4.78, 5) is 0. The van der Waals surface area contributed by atoms with E-state index in [1.165, 1.54) is 0 Å². The maximum absolute atomic E-state index is 15.6. The van der Waals surface area contributed by atoms with E-state index >= 15 is 87.8 Å². The predicted molar refractivity (Wildman–Crippen MR) is 187 cm³/mol. The van der Waals surface area contributed by atoms with Gasteiger partial charge in [0.25, 0.3) is 0 Å². The fourth-order valence-electron chi connectivity index (χ4n) is 7.98. The molecule has 8 rings (SSSR count). The Balaban J connectivity index is 1.30. The molecule has 0 nitrogen and oxygen atoms in total. The smallest absolute Gasteiger partial charge is 0.198 e. The van der Waals surface area contributed by atoms with Crippen molar-refractivity contribution in [1.29, 1.82) is 0 Å². The minimum Gasteiger partial charge on any atom is -0.239 e. The number of alkyl halides is 1. The summed E-state index contributed by atoms with van der Waals surface area (Å²) in [5, 5.41) is -9.93. The standard InChI is InChI=1S/C44H2F30/c45-15-1(17(47)23(53)7-3(15)37(67)41(71)43(73)39(7)69)5-19(49)25(55)9(26(56)20(5)50)11-29(59)33(63)13(34(64)30(11)60)14-35(65)31(61)12(32(62)36(14)66)10-27(57)21(51)6(22(52)28(10)58)2-16(46)4-8(24(54)18(2)48)40(70)44(74)42(72)38(4)68/h1,17H. The van der Waals surface area contributed by atoms with Crippen LogP contribution in [0.3, 0.4) is 0 Å². The fraction of sp³-hybridized carbons (Fsp3) is 0.0455. The number of rotatable bonds is 5. The summed E-state index contributed by atoms with van der Waals surface area (Å²) in [5.74, 6) is -98.7. The average Bonchev–Trinajstić information content (AvgIpc) is 3.35. The number of hydrogen-bond acceptors (Lipinski definition) is 0. The Morgan fingerprint density at radius 1 is 0.176 bits per heavy atom. The quantitative estimate of drug-likeness (QED) is 0.0915.